The minimum absolute atomic E-state index is 0.165. The van der Waals surface area contributed by atoms with Crippen LogP contribution in [0.2, 0.25) is 5.02 Å². The molecule has 0 saturated heterocycles. The molecule has 5 heteroatoms. The van der Waals surface area contributed by atoms with Crippen LogP contribution in [0.15, 0.2) is 36.5 Å². The normalized spacial score (nSPS) is 14.8. The predicted octanol–water partition coefficient (Wildman–Crippen LogP) is 3.36. The fourth-order valence-electron chi connectivity index (χ4n) is 2.27. The summed E-state index contributed by atoms with van der Waals surface area (Å²) in [5.74, 6) is 1.36. The van der Waals surface area contributed by atoms with Gasteiger partial charge in [0.2, 0.25) is 0 Å². The van der Waals surface area contributed by atoms with Crippen LogP contribution < -0.4 is 14.8 Å². The average Bonchev–Trinajstić information content (AvgIpc) is 2.53. The molecular formula is C16H17ClN2O2. The van der Waals surface area contributed by atoms with Crippen LogP contribution in [0.5, 0.6) is 11.5 Å². The van der Waals surface area contributed by atoms with Crippen molar-refractivity contribution < 1.29 is 9.47 Å². The fourth-order valence-corrected chi connectivity index (χ4v) is 2.56. The highest BCUT2D eigenvalue weighted by molar-refractivity contribution is 6.32. The molecule has 0 saturated carbocycles. The number of fused-ring (bicyclic) bond motifs is 1. The second kappa shape index (κ2) is 6.33. The van der Waals surface area contributed by atoms with Crippen molar-refractivity contribution in [3.63, 3.8) is 0 Å². The van der Waals surface area contributed by atoms with E-state index in [1.165, 1.54) is 0 Å². The second-order valence-electron chi connectivity index (χ2n) is 4.96. The first kappa shape index (κ1) is 14.2. The summed E-state index contributed by atoms with van der Waals surface area (Å²) in [5.41, 5.74) is 2.08. The summed E-state index contributed by atoms with van der Waals surface area (Å²) in [6.45, 7) is 3.88. The molecule has 1 aromatic carbocycles. The Labute approximate surface area is 129 Å². The maximum Gasteiger partial charge on any atom is 0.179 e. The van der Waals surface area contributed by atoms with E-state index in [1.807, 2.05) is 30.3 Å². The summed E-state index contributed by atoms with van der Waals surface area (Å²) >= 11 is 6.23. The summed E-state index contributed by atoms with van der Waals surface area (Å²) in [6, 6.07) is 9.96. The van der Waals surface area contributed by atoms with E-state index in [9.17, 15) is 0 Å². The maximum absolute atomic E-state index is 6.23. The van der Waals surface area contributed by atoms with E-state index < -0.39 is 0 Å². The second-order valence-corrected chi connectivity index (χ2v) is 5.37. The minimum Gasteiger partial charge on any atom is -0.486 e. The molecule has 1 aromatic heterocycles. The summed E-state index contributed by atoms with van der Waals surface area (Å²) in [5, 5.41) is 4.02. The first-order chi connectivity index (χ1) is 10.2. The van der Waals surface area contributed by atoms with Crippen LogP contribution in [-0.4, -0.2) is 18.2 Å². The zero-order valence-electron chi connectivity index (χ0n) is 11.8. The van der Waals surface area contributed by atoms with Crippen LogP contribution in [0.25, 0.3) is 0 Å². The molecule has 0 radical (unpaired) electrons. The van der Waals surface area contributed by atoms with E-state index in [1.54, 1.807) is 6.20 Å². The molecule has 0 amide bonds. The van der Waals surface area contributed by atoms with Crippen LogP contribution in [0.1, 0.15) is 24.2 Å². The number of halogens is 1. The van der Waals surface area contributed by atoms with Gasteiger partial charge in [-0.25, -0.2) is 0 Å². The molecule has 1 N–H and O–H groups in total. The highest BCUT2D eigenvalue weighted by atomic mass is 35.5. The van der Waals surface area contributed by atoms with Crippen molar-refractivity contribution in [1.29, 1.82) is 0 Å². The first-order valence-corrected chi connectivity index (χ1v) is 7.34. The van der Waals surface area contributed by atoms with E-state index in [4.69, 9.17) is 21.1 Å². The zero-order valence-corrected chi connectivity index (χ0v) is 12.6. The van der Waals surface area contributed by atoms with Crippen LogP contribution in [-0.2, 0) is 6.54 Å². The Morgan fingerprint density at radius 1 is 1.29 bits per heavy atom. The number of pyridine rings is 1. The molecule has 2 heterocycles. The lowest BCUT2D eigenvalue weighted by Crippen LogP contribution is -2.20. The Morgan fingerprint density at radius 2 is 2.14 bits per heavy atom. The molecule has 21 heavy (non-hydrogen) atoms. The Morgan fingerprint density at radius 3 is 2.95 bits per heavy atom. The number of benzene rings is 1. The van der Waals surface area contributed by atoms with Crippen LogP contribution in [0.3, 0.4) is 0 Å². The fraction of sp³-hybridized carbons (Fsp3) is 0.312. The van der Waals surface area contributed by atoms with Crippen LogP contribution in [0.4, 0.5) is 0 Å². The predicted molar refractivity (Wildman–Crippen MR) is 81.9 cm³/mol. The van der Waals surface area contributed by atoms with E-state index in [2.05, 4.69) is 17.2 Å². The first-order valence-electron chi connectivity index (χ1n) is 6.96. The lowest BCUT2D eigenvalue weighted by atomic mass is 10.1. The molecule has 1 atom stereocenters. The molecule has 0 fully saturated rings. The topological polar surface area (TPSA) is 43.4 Å². The number of hydrogen-bond donors (Lipinski definition) is 1. The largest absolute Gasteiger partial charge is 0.486 e. The number of nitrogens with zero attached hydrogens (tertiary/aromatic N) is 1. The highest BCUT2D eigenvalue weighted by Gasteiger charge is 2.17. The number of nitrogens with one attached hydrogen (secondary N) is 1. The van der Waals surface area contributed by atoms with Gasteiger partial charge in [0.05, 0.1) is 10.7 Å². The number of aromatic nitrogens is 1. The smallest absolute Gasteiger partial charge is 0.179 e. The van der Waals surface area contributed by atoms with Gasteiger partial charge in [0.25, 0.3) is 0 Å². The lowest BCUT2D eigenvalue weighted by Gasteiger charge is -2.21. The van der Waals surface area contributed by atoms with Crippen LogP contribution in [0, 0.1) is 0 Å². The Hall–Kier alpha value is -1.78. The van der Waals surface area contributed by atoms with Gasteiger partial charge in [-0.1, -0.05) is 17.7 Å². The Bertz CT molecular complexity index is 619. The van der Waals surface area contributed by atoms with Gasteiger partial charge in [-0.15, -0.1) is 0 Å². The third kappa shape index (κ3) is 3.28. The molecule has 1 aliphatic heterocycles. The van der Waals surface area contributed by atoms with Crippen molar-refractivity contribution >= 4 is 11.6 Å². The molecule has 0 unspecified atom stereocenters. The van der Waals surface area contributed by atoms with E-state index in [-0.39, 0.29) is 6.04 Å². The summed E-state index contributed by atoms with van der Waals surface area (Å²) in [7, 11) is 0. The maximum atomic E-state index is 6.23. The molecular weight excluding hydrogens is 288 g/mol. The third-order valence-corrected chi connectivity index (χ3v) is 3.68. The molecule has 110 valence electrons. The Kier molecular flexibility index (Phi) is 4.27. The van der Waals surface area contributed by atoms with Gasteiger partial charge in [0.1, 0.15) is 13.2 Å². The van der Waals surface area contributed by atoms with Crippen LogP contribution >= 0.6 is 11.6 Å². The van der Waals surface area contributed by atoms with Gasteiger partial charge < -0.3 is 14.8 Å². The van der Waals surface area contributed by atoms with Gasteiger partial charge in [0.15, 0.2) is 11.5 Å². The van der Waals surface area contributed by atoms with Gasteiger partial charge in [-0.3, -0.25) is 4.98 Å². The zero-order chi connectivity index (χ0) is 14.7. The molecule has 0 spiro atoms. The van der Waals surface area contributed by atoms with Gasteiger partial charge in [0, 0.05) is 18.8 Å². The number of rotatable bonds is 4. The van der Waals surface area contributed by atoms with Crippen molar-refractivity contribution in [3.8, 4) is 11.5 Å². The summed E-state index contributed by atoms with van der Waals surface area (Å²) in [4.78, 5) is 4.35. The average molecular weight is 305 g/mol. The van der Waals surface area contributed by atoms with Crippen molar-refractivity contribution in [2.24, 2.45) is 0 Å². The lowest BCUT2D eigenvalue weighted by molar-refractivity contribution is 0.171. The van der Waals surface area contributed by atoms with Crippen molar-refractivity contribution in [2.45, 2.75) is 19.5 Å². The van der Waals surface area contributed by atoms with Crippen molar-refractivity contribution in [2.75, 3.05) is 13.2 Å². The standard InChI is InChI=1S/C16H17ClN2O2/c1-11(14-4-2-3-5-18-14)19-10-12-8-13(17)16-15(9-12)20-6-7-21-16/h2-5,8-9,11,19H,6-7,10H2,1H3/t11-/m0/s1. The van der Waals surface area contributed by atoms with Crippen molar-refractivity contribution in [3.05, 3.63) is 52.8 Å². The molecule has 0 aliphatic carbocycles. The van der Waals surface area contributed by atoms with Gasteiger partial charge in [-0.05, 0) is 36.8 Å². The van der Waals surface area contributed by atoms with Gasteiger partial charge >= 0.3 is 0 Å². The van der Waals surface area contributed by atoms with Gasteiger partial charge in [-0.2, -0.15) is 0 Å². The van der Waals surface area contributed by atoms with E-state index >= 15 is 0 Å². The molecule has 3 rings (SSSR count). The SMILES string of the molecule is C[C@H](NCc1cc(Cl)c2c(c1)OCCO2)c1ccccn1. The summed E-state index contributed by atoms with van der Waals surface area (Å²) in [6.07, 6.45) is 1.80. The van der Waals surface area contributed by atoms with Crippen molar-refractivity contribution in [1.82, 2.24) is 10.3 Å². The molecule has 4 nitrogen and oxygen atoms in total. The quantitative estimate of drug-likeness (QED) is 0.940. The van der Waals surface area contributed by atoms with E-state index in [0.717, 1.165) is 17.0 Å². The number of ether oxygens (including phenoxy) is 2. The minimum atomic E-state index is 0.165. The highest BCUT2D eigenvalue weighted by Crippen LogP contribution is 2.38. The Balaban J connectivity index is 1.69. The molecule has 2 aromatic rings. The monoisotopic (exact) mass is 304 g/mol. The summed E-state index contributed by atoms with van der Waals surface area (Å²) < 4.78 is 11.1. The molecule has 1 aliphatic rings. The molecule has 0 bridgehead atoms. The number of hydrogen-bond acceptors (Lipinski definition) is 4. The third-order valence-electron chi connectivity index (χ3n) is 3.40. The van der Waals surface area contributed by atoms with E-state index in [0.29, 0.717) is 30.5 Å².